The largest absolute Gasteiger partial charge is 0.382 e. The maximum absolute atomic E-state index is 5.73. The summed E-state index contributed by atoms with van der Waals surface area (Å²) in [5.41, 5.74) is 7.25. The van der Waals surface area contributed by atoms with Crippen molar-refractivity contribution < 1.29 is 5.32 Å². The number of hydrogen-bond donors (Lipinski definition) is 2. The third kappa shape index (κ3) is 2.71. The number of nitrogen functional groups attached to an aromatic ring is 1. The molecule has 0 aliphatic heterocycles. The Kier molecular flexibility index (Phi) is 3.87. The molecule has 0 fully saturated rings. The van der Waals surface area contributed by atoms with Crippen molar-refractivity contribution in [2.75, 3.05) is 18.8 Å². The van der Waals surface area contributed by atoms with Crippen molar-refractivity contribution in [2.24, 2.45) is 0 Å². The maximum Gasteiger partial charge on any atom is 0.165 e. The molecule has 0 radical (unpaired) electrons. The Balaban J connectivity index is 1.97. The van der Waals surface area contributed by atoms with Crippen LogP contribution in [0.15, 0.2) is 12.7 Å². The Labute approximate surface area is 100 Å². The summed E-state index contributed by atoms with van der Waals surface area (Å²) in [6.45, 7) is 5.32. The lowest BCUT2D eigenvalue weighted by Crippen LogP contribution is -2.84. The maximum atomic E-state index is 5.73. The molecular formula is C11H19N6+. The highest BCUT2D eigenvalue weighted by Crippen LogP contribution is 2.13. The molecule has 2 aromatic rings. The topological polar surface area (TPSA) is 86.2 Å². The molecule has 6 nitrogen and oxygen atoms in total. The SMILES string of the molecule is CCCC[NH2+]CCn1cnc2c(N)ncnc21. The smallest absolute Gasteiger partial charge is 0.165 e. The quantitative estimate of drug-likeness (QED) is 0.677. The van der Waals surface area contributed by atoms with Crippen LogP contribution in [0.5, 0.6) is 0 Å². The van der Waals surface area contributed by atoms with E-state index in [0.29, 0.717) is 11.3 Å². The van der Waals surface area contributed by atoms with E-state index in [4.69, 9.17) is 5.73 Å². The number of unbranched alkanes of at least 4 members (excludes halogenated alkanes) is 1. The highest BCUT2D eigenvalue weighted by atomic mass is 15.1. The van der Waals surface area contributed by atoms with E-state index in [1.165, 1.54) is 25.7 Å². The van der Waals surface area contributed by atoms with Crippen LogP contribution in [0.1, 0.15) is 19.8 Å². The van der Waals surface area contributed by atoms with Crippen LogP contribution < -0.4 is 11.1 Å². The van der Waals surface area contributed by atoms with Crippen molar-refractivity contribution in [2.45, 2.75) is 26.3 Å². The molecule has 92 valence electrons. The number of hydrogen-bond acceptors (Lipinski definition) is 4. The summed E-state index contributed by atoms with van der Waals surface area (Å²) >= 11 is 0. The predicted octanol–water partition coefficient (Wildman–Crippen LogP) is -0.228. The Morgan fingerprint density at radius 1 is 1.29 bits per heavy atom. The normalized spacial score (nSPS) is 11.1. The first-order valence-corrected chi connectivity index (χ1v) is 6.06. The number of nitrogens with zero attached hydrogens (tertiary/aromatic N) is 4. The third-order valence-electron chi connectivity index (χ3n) is 2.77. The number of imidazole rings is 1. The van der Waals surface area contributed by atoms with Crippen LogP contribution in [-0.2, 0) is 6.54 Å². The summed E-state index contributed by atoms with van der Waals surface area (Å²) in [4.78, 5) is 12.4. The number of rotatable bonds is 6. The molecule has 0 atom stereocenters. The standard InChI is InChI=1S/C11H18N6/c1-2-3-4-13-5-6-17-8-16-9-10(12)14-7-15-11(9)17/h7-8,13H,2-6H2,1H3,(H2,12,14,15)/p+1. The molecule has 0 unspecified atom stereocenters. The van der Waals surface area contributed by atoms with Gasteiger partial charge in [0.2, 0.25) is 0 Å². The van der Waals surface area contributed by atoms with Crippen molar-refractivity contribution in [3.05, 3.63) is 12.7 Å². The van der Waals surface area contributed by atoms with E-state index in [1.807, 2.05) is 4.57 Å². The second kappa shape index (κ2) is 5.58. The van der Waals surface area contributed by atoms with E-state index in [1.54, 1.807) is 6.33 Å². The molecule has 0 aromatic carbocycles. The van der Waals surface area contributed by atoms with Gasteiger partial charge in [-0.2, -0.15) is 0 Å². The van der Waals surface area contributed by atoms with Gasteiger partial charge in [-0.3, -0.25) is 0 Å². The summed E-state index contributed by atoms with van der Waals surface area (Å²) in [6.07, 6.45) is 5.77. The second-order valence-corrected chi connectivity index (χ2v) is 4.09. The van der Waals surface area contributed by atoms with Gasteiger partial charge in [-0.05, 0) is 6.42 Å². The fourth-order valence-corrected chi connectivity index (χ4v) is 1.79. The molecule has 2 rings (SSSR count). The predicted molar refractivity (Wildman–Crippen MR) is 66.3 cm³/mol. The second-order valence-electron chi connectivity index (χ2n) is 4.09. The lowest BCUT2D eigenvalue weighted by Gasteiger charge is -2.03. The first-order chi connectivity index (χ1) is 8.33. The van der Waals surface area contributed by atoms with Gasteiger partial charge in [-0.25, -0.2) is 15.0 Å². The monoisotopic (exact) mass is 235 g/mol. The number of quaternary nitrogens is 1. The minimum atomic E-state index is 0.448. The minimum Gasteiger partial charge on any atom is -0.382 e. The van der Waals surface area contributed by atoms with Crippen molar-refractivity contribution in [1.82, 2.24) is 19.5 Å². The van der Waals surface area contributed by atoms with E-state index in [-0.39, 0.29) is 0 Å². The zero-order chi connectivity index (χ0) is 12.1. The van der Waals surface area contributed by atoms with Gasteiger partial charge in [0.1, 0.15) is 11.8 Å². The molecule has 0 saturated heterocycles. The van der Waals surface area contributed by atoms with Gasteiger partial charge in [0.05, 0.1) is 26.0 Å². The van der Waals surface area contributed by atoms with Crippen LogP contribution in [0.2, 0.25) is 0 Å². The van der Waals surface area contributed by atoms with Crippen molar-refractivity contribution >= 4 is 17.0 Å². The van der Waals surface area contributed by atoms with Gasteiger partial charge < -0.3 is 15.6 Å². The number of aromatic nitrogens is 4. The molecule has 4 N–H and O–H groups in total. The Bertz CT molecular complexity index is 478. The van der Waals surface area contributed by atoms with Gasteiger partial charge in [0.25, 0.3) is 0 Å². The summed E-state index contributed by atoms with van der Waals surface area (Å²) in [6, 6.07) is 0. The molecule has 0 aliphatic rings. The average Bonchev–Trinajstić information content (AvgIpc) is 2.74. The van der Waals surface area contributed by atoms with E-state index < -0.39 is 0 Å². The van der Waals surface area contributed by atoms with E-state index in [9.17, 15) is 0 Å². The molecule has 0 aliphatic carbocycles. The van der Waals surface area contributed by atoms with Crippen LogP contribution in [0.4, 0.5) is 5.82 Å². The fraction of sp³-hybridized carbons (Fsp3) is 0.545. The van der Waals surface area contributed by atoms with Crippen LogP contribution in [-0.4, -0.2) is 32.6 Å². The molecule has 17 heavy (non-hydrogen) atoms. The number of fused-ring (bicyclic) bond motifs is 1. The zero-order valence-corrected chi connectivity index (χ0v) is 10.1. The summed E-state index contributed by atoms with van der Waals surface area (Å²) in [5, 5.41) is 2.32. The van der Waals surface area contributed by atoms with Gasteiger partial charge in [0.15, 0.2) is 11.5 Å². The van der Waals surface area contributed by atoms with Crippen LogP contribution >= 0.6 is 0 Å². The van der Waals surface area contributed by atoms with E-state index in [2.05, 4.69) is 27.2 Å². The summed E-state index contributed by atoms with van der Waals surface area (Å²) in [5.74, 6) is 0.448. The van der Waals surface area contributed by atoms with Gasteiger partial charge in [0, 0.05) is 0 Å². The Hall–Kier alpha value is -1.69. The highest BCUT2D eigenvalue weighted by Gasteiger charge is 2.07. The zero-order valence-electron chi connectivity index (χ0n) is 10.1. The number of nitrogens with two attached hydrogens (primary N) is 2. The lowest BCUT2D eigenvalue weighted by molar-refractivity contribution is -0.656. The van der Waals surface area contributed by atoms with Gasteiger partial charge >= 0.3 is 0 Å². The molecule has 0 saturated carbocycles. The Morgan fingerprint density at radius 2 is 2.18 bits per heavy atom. The fourth-order valence-electron chi connectivity index (χ4n) is 1.79. The van der Waals surface area contributed by atoms with Gasteiger partial charge in [-0.1, -0.05) is 13.3 Å². The first-order valence-electron chi connectivity index (χ1n) is 6.06. The molecule has 0 spiro atoms. The average molecular weight is 235 g/mol. The first kappa shape index (κ1) is 11.8. The van der Waals surface area contributed by atoms with Crippen LogP contribution in [0, 0.1) is 0 Å². The van der Waals surface area contributed by atoms with E-state index >= 15 is 0 Å². The van der Waals surface area contributed by atoms with Gasteiger partial charge in [-0.15, -0.1) is 0 Å². The molecule has 6 heteroatoms. The molecule has 0 bridgehead atoms. The van der Waals surface area contributed by atoms with Crippen molar-refractivity contribution in [3.8, 4) is 0 Å². The third-order valence-corrected chi connectivity index (χ3v) is 2.77. The van der Waals surface area contributed by atoms with Crippen molar-refractivity contribution in [1.29, 1.82) is 0 Å². The summed E-state index contributed by atoms with van der Waals surface area (Å²) < 4.78 is 2.02. The van der Waals surface area contributed by atoms with Crippen LogP contribution in [0.25, 0.3) is 11.2 Å². The number of anilines is 1. The lowest BCUT2D eigenvalue weighted by atomic mass is 10.3. The molecular weight excluding hydrogens is 216 g/mol. The minimum absolute atomic E-state index is 0.448. The van der Waals surface area contributed by atoms with E-state index in [0.717, 1.165) is 18.7 Å². The van der Waals surface area contributed by atoms with Crippen LogP contribution in [0.3, 0.4) is 0 Å². The van der Waals surface area contributed by atoms with Crippen molar-refractivity contribution in [3.63, 3.8) is 0 Å². The highest BCUT2D eigenvalue weighted by molar-refractivity contribution is 5.80. The molecule has 2 heterocycles. The summed E-state index contributed by atoms with van der Waals surface area (Å²) in [7, 11) is 0. The molecule has 2 aromatic heterocycles. The molecule has 0 amide bonds. The Morgan fingerprint density at radius 3 is 3.00 bits per heavy atom.